The van der Waals surface area contributed by atoms with Crippen LogP contribution >= 0.6 is 11.6 Å². The molecule has 1 amide bonds. The lowest BCUT2D eigenvalue weighted by Gasteiger charge is -2.06. The van der Waals surface area contributed by atoms with E-state index in [1.165, 1.54) is 12.1 Å². The first-order valence-corrected chi connectivity index (χ1v) is 6.76. The molecule has 1 aromatic heterocycles. The average Bonchev–Trinajstić information content (AvgIpc) is 2.86. The second-order valence-corrected chi connectivity index (χ2v) is 5.22. The summed E-state index contributed by atoms with van der Waals surface area (Å²) in [7, 11) is 0. The number of fused-ring (bicyclic) bond motifs is 1. The van der Waals surface area contributed by atoms with Crippen molar-refractivity contribution in [3.8, 4) is 0 Å². The third-order valence-electron chi connectivity index (χ3n) is 3.32. The van der Waals surface area contributed by atoms with Crippen LogP contribution in [0.3, 0.4) is 0 Å². The maximum absolute atomic E-state index is 13.3. The first kappa shape index (κ1) is 13.6. The number of rotatable bonds is 2. The second-order valence-electron chi connectivity index (χ2n) is 4.81. The average molecular weight is 303 g/mol. The van der Waals surface area contributed by atoms with E-state index in [9.17, 15) is 9.18 Å². The van der Waals surface area contributed by atoms with Gasteiger partial charge in [-0.15, -0.1) is 0 Å². The fraction of sp³-hybridized carbons (Fsp3) is 0.0625. The highest BCUT2D eigenvalue weighted by Crippen LogP contribution is 2.23. The SMILES string of the molecule is Cc1ccc(NC(=O)c2c[nH]c3ccc(F)cc23)cc1Cl. The predicted octanol–water partition coefficient (Wildman–Crippen LogP) is 4.52. The van der Waals surface area contributed by atoms with Crippen LogP contribution in [0.4, 0.5) is 10.1 Å². The standard InChI is InChI=1S/C16H12ClFN2O/c1-9-2-4-11(7-14(9)17)20-16(21)13-8-19-15-5-3-10(18)6-12(13)15/h2-8,19H,1H3,(H,20,21). The number of halogens is 2. The Labute approximate surface area is 125 Å². The Morgan fingerprint density at radius 2 is 2.05 bits per heavy atom. The van der Waals surface area contributed by atoms with Crippen molar-refractivity contribution in [1.29, 1.82) is 0 Å². The van der Waals surface area contributed by atoms with Crippen LogP contribution in [-0.4, -0.2) is 10.9 Å². The zero-order chi connectivity index (χ0) is 15.0. The molecule has 5 heteroatoms. The van der Waals surface area contributed by atoms with E-state index < -0.39 is 0 Å². The highest BCUT2D eigenvalue weighted by atomic mass is 35.5. The van der Waals surface area contributed by atoms with Crippen LogP contribution in [-0.2, 0) is 0 Å². The molecule has 0 unspecified atom stereocenters. The van der Waals surface area contributed by atoms with E-state index >= 15 is 0 Å². The fourth-order valence-corrected chi connectivity index (χ4v) is 2.33. The van der Waals surface area contributed by atoms with Crippen molar-refractivity contribution in [1.82, 2.24) is 4.98 Å². The van der Waals surface area contributed by atoms with Gasteiger partial charge in [0.1, 0.15) is 5.82 Å². The number of hydrogen-bond donors (Lipinski definition) is 2. The maximum atomic E-state index is 13.3. The summed E-state index contributed by atoms with van der Waals surface area (Å²) in [4.78, 5) is 15.2. The summed E-state index contributed by atoms with van der Waals surface area (Å²) in [5.41, 5.74) is 2.63. The molecular weight excluding hydrogens is 291 g/mol. The largest absolute Gasteiger partial charge is 0.360 e. The predicted molar refractivity (Wildman–Crippen MR) is 82.4 cm³/mol. The van der Waals surface area contributed by atoms with E-state index in [2.05, 4.69) is 10.3 Å². The molecule has 0 bridgehead atoms. The number of anilines is 1. The van der Waals surface area contributed by atoms with Crippen molar-refractivity contribution in [3.05, 3.63) is 64.6 Å². The van der Waals surface area contributed by atoms with Gasteiger partial charge in [0.2, 0.25) is 0 Å². The monoisotopic (exact) mass is 302 g/mol. The normalized spacial score (nSPS) is 10.8. The van der Waals surface area contributed by atoms with E-state index in [-0.39, 0.29) is 11.7 Å². The molecule has 106 valence electrons. The third-order valence-corrected chi connectivity index (χ3v) is 3.73. The van der Waals surface area contributed by atoms with Crippen LogP contribution in [0.5, 0.6) is 0 Å². The topological polar surface area (TPSA) is 44.9 Å². The summed E-state index contributed by atoms with van der Waals surface area (Å²) in [5.74, 6) is -0.693. The summed E-state index contributed by atoms with van der Waals surface area (Å²) < 4.78 is 13.3. The van der Waals surface area contributed by atoms with Gasteiger partial charge in [-0.1, -0.05) is 17.7 Å². The molecule has 21 heavy (non-hydrogen) atoms. The number of amides is 1. The Morgan fingerprint density at radius 1 is 1.24 bits per heavy atom. The summed E-state index contributed by atoms with van der Waals surface area (Å²) in [6.45, 7) is 1.89. The summed E-state index contributed by atoms with van der Waals surface area (Å²) >= 11 is 6.03. The quantitative estimate of drug-likeness (QED) is 0.718. The smallest absolute Gasteiger partial charge is 0.257 e. The number of carbonyl (C=O) groups excluding carboxylic acids is 1. The third kappa shape index (κ3) is 2.62. The Hall–Kier alpha value is -2.33. The molecule has 0 aliphatic carbocycles. The number of carbonyl (C=O) groups is 1. The van der Waals surface area contributed by atoms with Crippen molar-refractivity contribution in [2.24, 2.45) is 0 Å². The molecule has 3 nitrogen and oxygen atoms in total. The second kappa shape index (κ2) is 5.22. The van der Waals surface area contributed by atoms with Gasteiger partial charge in [0.25, 0.3) is 5.91 Å². The van der Waals surface area contributed by atoms with Crippen molar-refractivity contribution >= 4 is 34.1 Å². The van der Waals surface area contributed by atoms with Gasteiger partial charge in [0.05, 0.1) is 5.56 Å². The highest BCUT2D eigenvalue weighted by molar-refractivity contribution is 6.31. The van der Waals surface area contributed by atoms with Crippen molar-refractivity contribution in [2.75, 3.05) is 5.32 Å². The molecule has 0 fully saturated rings. The van der Waals surface area contributed by atoms with Gasteiger partial charge >= 0.3 is 0 Å². The lowest BCUT2D eigenvalue weighted by atomic mass is 10.1. The molecule has 2 aromatic carbocycles. The first-order valence-electron chi connectivity index (χ1n) is 6.39. The van der Waals surface area contributed by atoms with Crippen molar-refractivity contribution in [2.45, 2.75) is 6.92 Å². The molecule has 0 saturated heterocycles. The van der Waals surface area contributed by atoms with Gasteiger partial charge in [-0.3, -0.25) is 4.79 Å². The molecule has 0 spiro atoms. The summed E-state index contributed by atoms with van der Waals surface area (Å²) in [6.07, 6.45) is 1.56. The number of aromatic amines is 1. The van der Waals surface area contributed by atoms with E-state index in [4.69, 9.17) is 11.6 Å². The van der Waals surface area contributed by atoms with Crippen molar-refractivity contribution < 1.29 is 9.18 Å². The Morgan fingerprint density at radius 3 is 2.81 bits per heavy atom. The molecule has 0 aliphatic rings. The molecule has 3 aromatic rings. The molecule has 0 saturated carbocycles. The number of nitrogens with one attached hydrogen (secondary N) is 2. The van der Waals surface area contributed by atoms with Crippen LogP contribution in [0.25, 0.3) is 10.9 Å². The van der Waals surface area contributed by atoms with Gasteiger partial charge in [-0.2, -0.15) is 0 Å². The van der Waals surface area contributed by atoms with Crippen LogP contribution in [0.2, 0.25) is 5.02 Å². The van der Waals surface area contributed by atoms with Gasteiger partial charge < -0.3 is 10.3 Å². The molecule has 0 atom stereocenters. The Kier molecular flexibility index (Phi) is 3.39. The number of hydrogen-bond acceptors (Lipinski definition) is 1. The van der Waals surface area contributed by atoms with Crippen LogP contribution in [0.1, 0.15) is 15.9 Å². The number of aryl methyl sites for hydroxylation is 1. The van der Waals surface area contributed by atoms with E-state index in [0.29, 0.717) is 27.2 Å². The highest BCUT2D eigenvalue weighted by Gasteiger charge is 2.13. The zero-order valence-electron chi connectivity index (χ0n) is 11.2. The molecule has 3 rings (SSSR count). The van der Waals surface area contributed by atoms with Gasteiger partial charge in [0.15, 0.2) is 0 Å². The summed E-state index contributed by atoms with van der Waals surface area (Å²) in [5, 5.41) is 3.89. The van der Waals surface area contributed by atoms with E-state index in [0.717, 1.165) is 5.56 Å². The minimum absolute atomic E-state index is 0.313. The molecule has 0 radical (unpaired) electrons. The maximum Gasteiger partial charge on any atom is 0.257 e. The number of benzene rings is 2. The lowest BCUT2D eigenvalue weighted by molar-refractivity contribution is 0.102. The molecule has 2 N–H and O–H groups in total. The van der Waals surface area contributed by atoms with Crippen LogP contribution < -0.4 is 5.32 Å². The van der Waals surface area contributed by atoms with Gasteiger partial charge in [0, 0.05) is 27.8 Å². The van der Waals surface area contributed by atoms with Crippen LogP contribution in [0, 0.1) is 12.7 Å². The first-order chi connectivity index (χ1) is 10.0. The molecular formula is C16H12ClFN2O. The van der Waals surface area contributed by atoms with Crippen molar-refractivity contribution in [3.63, 3.8) is 0 Å². The lowest BCUT2D eigenvalue weighted by Crippen LogP contribution is -2.11. The minimum atomic E-state index is -0.380. The van der Waals surface area contributed by atoms with E-state index in [1.807, 2.05) is 13.0 Å². The molecule has 1 heterocycles. The number of H-pyrrole nitrogens is 1. The fourth-order valence-electron chi connectivity index (χ4n) is 2.15. The summed E-state index contributed by atoms with van der Waals surface area (Å²) in [6, 6.07) is 9.57. The van der Waals surface area contributed by atoms with Gasteiger partial charge in [-0.05, 0) is 42.8 Å². The zero-order valence-corrected chi connectivity index (χ0v) is 12.0. The van der Waals surface area contributed by atoms with Gasteiger partial charge in [-0.25, -0.2) is 4.39 Å². The number of aromatic nitrogens is 1. The Balaban J connectivity index is 1.93. The molecule has 0 aliphatic heterocycles. The van der Waals surface area contributed by atoms with Crippen LogP contribution in [0.15, 0.2) is 42.6 Å². The minimum Gasteiger partial charge on any atom is -0.360 e. The Bertz CT molecular complexity index is 841. The van der Waals surface area contributed by atoms with E-state index in [1.54, 1.807) is 24.4 Å².